The van der Waals surface area contributed by atoms with Gasteiger partial charge in [-0.1, -0.05) is 0 Å². The largest absolute Gasteiger partial charge is 0.337 e. The van der Waals surface area contributed by atoms with Gasteiger partial charge >= 0.3 is 0 Å². The number of amides is 1. The summed E-state index contributed by atoms with van der Waals surface area (Å²) in [5, 5.41) is 7.93. The maximum atomic E-state index is 12.8. The number of hydrogen-bond acceptors (Lipinski definition) is 3. The van der Waals surface area contributed by atoms with Crippen molar-refractivity contribution in [3.8, 4) is 0 Å². The minimum Gasteiger partial charge on any atom is -0.337 e. The van der Waals surface area contributed by atoms with Crippen LogP contribution in [-0.4, -0.2) is 47.3 Å². The molecule has 1 amide bonds. The molecule has 6 heteroatoms. The fraction of sp³-hybridized carbons (Fsp3) is 0.778. The van der Waals surface area contributed by atoms with E-state index in [4.69, 9.17) is 0 Å². The van der Waals surface area contributed by atoms with E-state index in [1.54, 1.807) is 0 Å². The van der Waals surface area contributed by atoms with Crippen molar-refractivity contribution in [1.29, 1.82) is 0 Å². The maximum Gasteiger partial charge on any atom is 0.274 e. The molecule has 1 aromatic heterocycles. The van der Waals surface area contributed by atoms with Crippen molar-refractivity contribution < 1.29 is 4.79 Å². The second-order valence-corrected chi connectivity index (χ2v) is 8.10. The minimum atomic E-state index is -0.0732. The van der Waals surface area contributed by atoms with Crippen LogP contribution in [0.1, 0.15) is 68.6 Å². The third kappa shape index (κ3) is 4.12. The third-order valence-corrected chi connectivity index (χ3v) is 4.98. The molecule has 1 N–H and O–H groups in total. The van der Waals surface area contributed by atoms with Gasteiger partial charge in [0.1, 0.15) is 0 Å². The number of piperidine rings is 1. The zero-order chi connectivity index (χ0) is 16.6. The normalized spacial score (nSPS) is 19.2. The Bertz CT molecular complexity index is 566. The van der Waals surface area contributed by atoms with Crippen LogP contribution in [0.25, 0.3) is 0 Å². The maximum absolute atomic E-state index is 12.8. The molecule has 0 atom stereocenters. The van der Waals surface area contributed by atoms with Crippen molar-refractivity contribution in [2.45, 2.75) is 57.9 Å². The molecule has 136 valence electrons. The molecule has 0 bridgehead atoms. The summed E-state index contributed by atoms with van der Waals surface area (Å²) >= 11 is 0. The van der Waals surface area contributed by atoms with Crippen molar-refractivity contribution in [2.24, 2.45) is 5.92 Å². The quantitative estimate of drug-likeness (QED) is 0.904. The Balaban J connectivity index is 0.00000208. The van der Waals surface area contributed by atoms with Gasteiger partial charge in [0, 0.05) is 24.7 Å². The third-order valence-electron chi connectivity index (χ3n) is 4.98. The van der Waals surface area contributed by atoms with Crippen LogP contribution in [0.5, 0.6) is 0 Å². The molecule has 1 aliphatic heterocycles. The van der Waals surface area contributed by atoms with E-state index in [1.807, 2.05) is 18.0 Å². The predicted molar refractivity (Wildman–Crippen MR) is 99.0 cm³/mol. The molecule has 24 heavy (non-hydrogen) atoms. The highest BCUT2D eigenvalue weighted by atomic mass is 35.5. The van der Waals surface area contributed by atoms with E-state index < -0.39 is 0 Å². The molecule has 2 aliphatic rings. The lowest BCUT2D eigenvalue weighted by Gasteiger charge is -2.31. The molecule has 0 spiro atoms. The van der Waals surface area contributed by atoms with Crippen molar-refractivity contribution in [3.05, 3.63) is 17.5 Å². The summed E-state index contributed by atoms with van der Waals surface area (Å²) in [7, 11) is 2.00. The van der Waals surface area contributed by atoms with Crippen molar-refractivity contribution in [2.75, 3.05) is 26.7 Å². The van der Waals surface area contributed by atoms with E-state index in [0.717, 1.165) is 32.5 Å². The van der Waals surface area contributed by atoms with Gasteiger partial charge in [-0.2, -0.15) is 5.10 Å². The number of hydrogen-bond donors (Lipinski definition) is 1. The van der Waals surface area contributed by atoms with Gasteiger partial charge in [-0.05, 0) is 72.0 Å². The van der Waals surface area contributed by atoms with E-state index in [-0.39, 0.29) is 23.9 Å². The van der Waals surface area contributed by atoms with Gasteiger partial charge in [0.2, 0.25) is 0 Å². The summed E-state index contributed by atoms with van der Waals surface area (Å²) in [6, 6.07) is 2.05. The fourth-order valence-electron chi connectivity index (χ4n) is 3.50. The van der Waals surface area contributed by atoms with Gasteiger partial charge in [-0.25, -0.2) is 0 Å². The molecular formula is C18H31ClN4O. The lowest BCUT2D eigenvalue weighted by Crippen LogP contribution is -2.40. The lowest BCUT2D eigenvalue weighted by molar-refractivity contribution is 0.0683. The van der Waals surface area contributed by atoms with Crippen LogP contribution in [0.15, 0.2) is 6.07 Å². The van der Waals surface area contributed by atoms with Gasteiger partial charge < -0.3 is 10.2 Å². The van der Waals surface area contributed by atoms with E-state index in [1.165, 1.54) is 18.5 Å². The highest BCUT2D eigenvalue weighted by Gasteiger charge is 2.33. The zero-order valence-electron chi connectivity index (χ0n) is 15.3. The van der Waals surface area contributed by atoms with E-state index >= 15 is 0 Å². The number of nitrogens with one attached hydrogen (secondary N) is 1. The number of halogens is 1. The van der Waals surface area contributed by atoms with E-state index in [9.17, 15) is 4.79 Å². The molecule has 0 unspecified atom stereocenters. The summed E-state index contributed by atoms with van der Waals surface area (Å²) in [6.07, 6.45) is 4.62. The van der Waals surface area contributed by atoms with Gasteiger partial charge in [0.05, 0.1) is 5.54 Å². The van der Waals surface area contributed by atoms with E-state index in [2.05, 4.69) is 35.9 Å². The molecule has 3 rings (SSSR count). The predicted octanol–water partition coefficient (Wildman–Crippen LogP) is 3.01. The molecule has 1 aliphatic carbocycles. The Labute approximate surface area is 151 Å². The molecule has 2 heterocycles. The van der Waals surface area contributed by atoms with Crippen LogP contribution in [0, 0.1) is 5.92 Å². The number of rotatable bonds is 4. The summed E-state index contributed by atoms with van der Waals surface area (Å²) < 4.78 is 2.08. The molecule has 0 radical (unpaired) electrons. The summed E-state index contributed by atoms with van der Waals surface area (Å²) in [5.74, 6) is 1.40. The van der Waals surface area contributed by atoms with Crippen LogP contribution in [0.4, 0.5) is 0 Å². The SMILES string of the molecule is CNCC1CCN(C(=O)c2cc(C3CC3)n(C(C)(C)C)n2)CC1.Cl. The standard InChI is InChI=1S/C18H30N4O.ClH/c1-18(2,3)22-16(14-5-6-14)11-15(20-22)17(23)21-9-7-13(8-10-21)12-19-4;/h11,13-14,19H,5-10,12H2,1-4H3;1H. The van der Waals surface area contributed by atoms with E-state index in [0.29, 0.717) is 17.5 Å². The van der Waals surface area contributed by atoms with Crippen LogP contribution in [0.2, 0.25) is 0 Å². The van der Waals surface area contributed by atoms with Gasteiger partial charge in [-0.15, -0.1) is 12.4 Å². The topological polar surface area (TPSA) is 50.2 Å². The zero-order valence-corrected chi connectivity index (χ0v) is 16.2. The molecule has 2 fully saturated rings. The summed E-state index contributed by atoms with van der Waals surface area (Å²) in [4.78, 5) is 14.8. The Morgan fingerprint density at radius 1 is 1.25 bits per heavy atom. The first-order valence-electron chi connectivity index (χ1n) is 8.94. The second-order valence-electron chi connectivity index (χ2n) is 8.10. The first-order chi connectivity index (χ1) is 10.9. The summed E-state index contributed by atoms with van der Waals surface area (Å²) in [5.41, 5.74) is 1.80. The first kappa shape index (κ1) is 19.3. The number of nitrogens with zero attached hydrogens (tertiary/aromatic N) is 3. The smallest absolute Gasteiger partial charge is 0.274 e. The molecule has 1 saturated heterocycles. The number of aromatic nitrogens is 2. The van der Waals surface area contributed by atoms with Gasteiger partial charge in [-0.3, -0.25) is 9.48 Å². The highest BCUT2D eigenvalue weighted by molar-refractivity contribution is 5.92. The van der Waals surface area contributed by atoms with Gasteiger partial charge in [0.25, 0.3) is 5.91 Å². The van der Waals surface area contributed by atoms with Gasteiger partial charge in [0.15, 0.2) is 5.69 Å². The molecule has 0 aromatic carbocycles. The molecular weight excluding hydrogens is 324 g/mol. The van der Waals surface area contributed by atoms with Crippen LogP contribution >= 0.6 is 12.4 Å². The Kier molecular flexibility index (Phi) is 5.97. The second kappa shape index (κ2) is 7.44. The minimum absolute atomic E-state index is 0. The van der Waals surface area contributed by atoms with Crippen molar-refractivity contribution >= 4 is 18.3 Å². The molecule has 1 aromatic rings. The average Bonchev–Trinajstić information content (AvgIpc) is 3.25. The Hall–Kier alpha value is -1.07. The van der Waals surface area contributed by atoms with Crippen molar-refractivity contribution in [3.63, 3.8) is 0 Å². The molecule has 1 saturated carbocycles. The monoisotopic (exact) mass is 354 g/mol. The number of carbonyl (C=O) groups is 1. The molecule has 5 nitrogen and oxygen atoms in total. The van der Waals surface area contributed by atoms with Crippen LogP contribution < -0.4 is 5.32 Å². The fourth-order valence-corrected chi connectivity index (χ4v) is 3.50. The number of carbonyl (C=O) groups excluding carboxylic acids is 1. The Morgan fingerprint density at radius 2 is 1.88 bits per heavy atom. The lowest BCUT2D eigenvalue weighted by atomic mass is 9.96. The average molecular weight is 355 g/mol. The van der Waals surface area contributed by atoms with Crippen LogP contribution in [0.3, 0.4) is 0 Å². The van der Waals surface area contributed by atoms with Crippen molar-refractivity contribution in [1.82, 2.24) is 20.0 Å². The first-order valence-corrected chi connectivity index (χ1v) is 8.94. The number of likely N-dealkylation sites (tertiary alicyclic amines) is 1. The Morgan fingerprint density at radius 3 is 2.38 bits per heavy atom. The van der Waals surface area contributed by atoms with Crippen LogP contribution in [-0.2, 0) is 5.54 Å². The highest BCUT2D eigenvalue weighted by Crippen LogP contribution is 2.41. The summed E-state index contributed by atoms with van der Waals surface area (Å²) in [6.45, 7) is 9.22.